The van der Waals surface area contributed by atoms with E-state index in [9.17, 15) is 8.78 Å². The highest BCUT2D eigenvalue weighted by molar-refractivity contribution is 6.34. The molecule has 1 unspecified atom stereocenters. The van der Waals surface area contributed by atoms with E-state index in [1.54, 1.807) is 6.07 Å². The Morgan fingerprint density at radius 1 is 1.29 bits per heavy atom. The number of hydrogen-bond acceptors (Lipinski definition) is 2. The van der Waals surface area contributed by atoms with Crippen LogP contribution in [-0.2, 0) is 6.42 Å². The summed E-state index contributed by atoms with van der Waals surface area (Å²) in [6, 6.07) is 7.93. The van der Waals surface area contributed by atoms with Gasteiger partial charge in [-0.15, -0.1) is 0 Å². The van der Waals surface area contributed by atoms with Crippen LogP contribution in [0.5, 0.6) is 0 Å². The maximum absolute atomic E-state index is 12.3. The number of pyridine rings is 1. The molecule has 0 saturated carbocycles. The van der Waals surface area contributed by atoms with Crippen LogP contribution in [0.4, 0.5) is 8.78 Å². The minimum absolute atomic E-state index is 0.0161. The number of rotatable bonds is 3. The van der Waals surface area contributed by atoms with Gasteiger partial charge < -0.3 is 5.73 Å². The van der Waals surface area contributed by atoms with Crippen LogP contribution in [0.3, 0.4) is 0 Å². The molecule has 0 radical (unpaired) electrons. The number of benzene rings is 1. The monoisotopic (exact) mass is 256 g/mol. The van der Waals surface area contributed by atoms with Gasteiger partial charge in [0.15, 0.2) is 0 Å². The summed E-state index contributed by atoms with van der Waals surface area (Å²) in [6.45, 7) is 0. The van der Waals surface area contributed by atoms with Gasteiger partial charge in [-0.1, -0.05) is 35.9 Å². The van der Waals surface area contributed by atoms with Crippen molar-refractivity contribution in [2.45, 2.75) is 18.9 Å². The molecule has 1 aromatic heterocycles. The number of nitrogens with two attached hydrogens (primary N) is 1. The number of hydrogen-bond donors (Lipinski definition) is 1. The van der Waals surface area contributed by atoms with E-state index in [1.165, 1.54) is 0 Å². The molecule has 2 nitrogen and oxygen atoms in total. The fraction of sp³-hybridized carbons (Fsp3) is 0.250. The van der Waals surface area contributed by atoms with Crippen molar-refractivity contribution in [1.29, 1.82) is 0 Å². The normalized spacial score (nSPS) is 13.2. The summed E-state index contributed by atoms with van der Waals surface area (Å²) in [7, 11) is 0. The van der Waals surface area contributed by atoms with Gasteiger partial charge in [-0.3, -0.25) is 0 Å². The van der Waals surface area contributed by atoms with Gasteiger partial charge in [0.05, 0.1) is 6.04 Å². The fourth-order valence-electron chi connectivity index (χ4n) is 1.64. The summed E-state index contributed by atoms with van der Waals surface area (Å²) in [5.74, 6) is 0. The number of fused-ring (bicyclic) bond motifs is 1. The van der Waals surface area contributed by atoms with Crippen LogP contribution >= 0.6 is 11.6 Å². The molecule has 90 valence electrons. The molecule has 0 aliphatic heterocycles. The lowest BCUT2D eigenvalue weighted by Crippen LogP contribution is -2.31. The van der Waals surface area contributed by atoms with Crippen LogP contribution in [0.15, 0.2) is 30.3 Å². The SMILES string of the molecule is NC(Cc1cc2ccccc2c(Cl)n1)C(F)F. The molecule has 0 fully saturated rings. The lowest BCUT2D eigenvalue weighted by atomic mass is 10.1. The summed E-state index contributed by atoms with van der Waals surface area (Å²) in [5.41, 5.74) is 5.80. The molecule has 0 aliphatic carbocycles. The lowest BCUT2D eigenvalue weighted by Gasteiger charge is -2.10. The number of alkyl halides is 2. The van der Waals surface area contributed by atoms with E-state index in [0.717, 1.165) is 10.8 Å². The van der Waals surface area contributed by atoms with E-state index in [4.69, 9.17) is 17.3 Å². The van der Waals surface area contributed by atoms with Gasteiger partial charge in [0, 0.05) is 17.5 Å². The third-order valence-corrected chi connectivity index (χ3v) is 2.80. The first-order valence-electron chi connectivity index (χ1n) is 5.16. The molecular formula is C12H11ClF2N2. The quantitative estimate of drug-likeness (QED) is 0.858. The van der Waals surface area contributed by atoms with Gasteiger partial charge >= 0.3 is 0 Å². The van der Waals surface area contributed by atoms with Crippen LogP contribution in [-0.4, -0.2) is 17.5 Å². The topological polar surface area (TPSA) is 38.9 Å². The average Bonchev–Trinajstić information content (AvgIpc) is 2.29. The molecule has 2 aromatic rings. The van der Waals surface area contributed by atoms with E-state index >= 15 is 0 Å². The summed E-state index contributed by atoms with van der Waals surface area (Å²) >= 11 is 5.99. The largest absolute Gasteiger partial charge is 0.323 e. The molecule has 0 saturated heterocycles. The zero-order chi connectivity index (χ0) is 12.4. The maximum atomic E-state index is 12.3. The molecule has 5 heteroatoms. The van der Waals surface area contributed by atoms with Crippen molar-refractivity contribution in [3.63, 3.8) is 0 Å². The molecule has 2 rings (SSSR count). The molecule has 0 amide bonds. The van der Waals surface area contributed by atoms with Crippen molar-refractivity contribution in [2.75, 3.05) is 0 Å². The van der Waals surface area contributed by atoms with Crippen molar-refractivity contribution in [3.05, 3.63) is 41.2 Å². The smallest absolute Gasteiger partial charge is 0.253 e. The van der Waals surface area contributed by atoms with Gasteiger partial charge in [0.1, 0.15) is 5.15 Å². The highest BCUT2D eigenvalue weighted by Gasteiger charge is 2.17. The van der Waals surface area contributed by atoms with Crippen LogP contribution in [0, 0.1) is 0 Å². The molecule has 1 atom stereocenters. The number of halogens is 3. The Labute approximate surface area is 102 Å². The highest BCUT2D eigenvalue weighted by atomic mass is 35.5. The predicted octanol–water partition coefficient (Wildman–Crippen LogP) is 3.02. The van der Waals surface area contributed by atoms with Crippen molar-refractivity contribution >= 4 is 22.4 Å². The Morgan fingerprint density at radius 3 is 2.71 bits per heavy atom. The van der Waals surface area contributed by atoms with Gasteiger partial charge in [-0.2, -0.15) is 0 Å². The molecule has 1 aromatic carbocycles. The summed E-state index contributed by atoms with van der Waals surface area (Å²) in [4.78, 5) is 4.08. The molecule has 0 aliphatic rings. The van der Waals surface area contributed by atoms with Gasteiger partial charge in [-0.25, -0.2) is 13.8 Å². The first-order chi connectivity index (χ1) is 8.08. The van der Waals surface area contributed by atoms with E-state index in [0.29, 0.717) is 10.8 Å². The van der Waals surface area contributed by atoms with Crippen molar-refractivity contribution in [1.82, 2.24) is 4.98 Å². The zero-order valence-electron chi connectivity index (χ0n) is 8.91. The van der Waals surface area contributed by atoms with Gasteiger partial charge in [-0.05, 0) is 11.5 Å². The third kappa shape index (κ3) is 2.70. The fourth-order valence-corrected chi connectivity index (χ4v) is 1.92. The van der Waals surface area contributed by atoms with Crippen molar-refractivity contribution in [3.8, 4) is 0 Å². The molecule has 2 N–H and O–H groups in total. The number of aromatic nitrogens is 1. The van der Waals surface area contributed by atoms with Crippen molar-refractivity contribution in [2.24, 2.45) is 5.73 Å². The second-order valence-corrected chi connectivity index (χ2v) is 4.19. The standard InChI is InChI=1S/C12H11ClF2N2/c13-11-9-4-2-1-3-7(9)5-8(17-11)6-10(16)12(14)15/h1-5,10,12H,6,16H2. The van der Waals surface area contributed by atoms with E-state index in [2.05, 4.69) is 4.98 Å². The summed E-state index contributed by atoms with van der Waals surface area (Å²) < 4.78 is 24.7. The molecule has 17 heavy (non-hydrogen) atoms. The second-order valence-electron chi connectivity index (χ2n) is 3.83. The van der Waals surface area contributed by atoms with Gasteiger partial charge in [0.2, 0.25) is 0 Å². The first-order valence-corrected chi connectivity index (χ1v) is 5.53. The minimum atomic E-state index is -2.55. The molecule has 0 bridgehead atoms. The van der Waals surface area contributed by atoms with Crippen molar-refractivity contribution < 1.29 is 8.78 Å². The van der Waals surface area contributed by atoms with E-state index in [-0.39, 0.29) is 6.42 Å². The Hall–Kier alpha value is -1.26. The second kappa shape index (κ2) is 4.94. The minimum Gasteiger partial charge on any atom is -0.323 e. The average molecular weight is 257 g/mol. The van der Waals surface area contributed by atoms with E-state index < -0.39 is 12.5 Å². The molecular weight excluding hydrogens is 246 g/mol. The van der Waals surface area contributed by atoms with Crippen LogP contribution in [0.25, 0.3) is 10.8 Å². The van der Waals surface area contributed by atoms with E-state index in [1.807, 2.05) is 24.3 Å². The maximum Gasteiger partial charge on any atom is 0.253 e. The lowest BCUT2D eigenvalue weighted by molar-refractivity contribution is 0.115. The molecule has 1 heterocycles. The summed E-state index contributed by atoms with van der Waals surface area (Å²) in [5, 5.41) is 2.01. The highest BCUT2D eigenvalue weighted by Crippen LogP contribution is 2.23. The number of nitrogens with zero attached hydrogens (tertiary/aromatic N) is 1. The van der Waals surface area contributed by atoms with Crippen LogP contribution < -0.4 is 5.73 Å². The first kappa shape index (κ1) is 12.2. The predicted molar refractivity (Wildman–Crippen MR) is 64.4 cm³/mol. The molecule has 0 spiro atoms. The van der Waals surface area contributed by atoms with Gasteiger partial charge in [0.25, 0.3) is 6.43 Å². The Morgan fingerprint density at radius 2 is 2.00 bits per heavy atom. The van der Waals surface area contributed by atoms with Crippen LogP contribution in [0.1, 0.15) is 5.69 Å². The Bertz CT molecular complexity index is 531. The Kier molecular flexibility index (Phi) is 3.54. The zero-order valence-corrected chi connectivity index (χ0v) is 9.66. The third-order valence-electron chi connectivity index (χ3n) is 2.52. The summed E-state index contributed by atoms with van der Waals surface area (Å²) in [6.07, 6.45) is -2.54. The Balaban J connectivity index is 2.37. The van der Waals surface area contributed by atoms with Crippen LogP contribution in [0.2, 0.25) is 5.15 Å².